The quantitative estimate of drug-likeness (QED) is 0.355. The van der Waals surface area contributed by atoms with Gasteiger partial charge in [0.2, 0.25) is 5.91 Å². The topological polar surface area (TPSA) is 108 Å². The van der Waals surface area contributed by atoms with E-state index in [1.807, 2.05) is 54.6 Å². The zero-order chi connectivity index (χ0) is 23.5. The second-order valence-corrected chi connectivity index (χ2v) is 7.90. The number of para-hydroxylation sites is 1. The van der Waals surface area contributed by atoms with Crippen molar-refractivity contribution < 1.29 is 9.53 Å². The summed E-state index contributed by atoms with van der Waals surface area (Å²) in [6, 6.07) is 23.9. The van der Waals surface area contributed by atoms with Gasteiger partial charge in [0, 0.05) is 16.3 Å². The molecule has 5 rings (SSSR count). The van der Waals surface area contributed by atoms with Crippen LogP contribution in [0.3, 0.4) is 0 Å². The highest BCUT2D eigenvalue weighted by Crippen LogP contribution is 2.32. The third-order valence-corrected chi connectivity index (χ3v) is 5.30. The SMILES string of the molecule is Nc1ncnc2c1c(-c1ccc(Oc3ccccc3)cc1)nn2CC(=O)Nc1cccc(Cl)c1. The third kappa shape index (κ3) is 4.53. The number of benzene rings is 3. The van der Waals surface area contributed by atoms with E-state index in [9.17, 15) is 4.79 Å². The van der Waals surface area contributed by atoms with Crippen LogP contribution in [0.15, 0.2) is 85.2 Å². The lowest BCUT2D eigenvalue weighted by Crippen LogP contribution is -2.19. The number of aromatic nitrogens is 4. The molecule has 0 spiro atoms. The molecule has 0 aliphatic carbocycles. The van der Waals surface area contributed by atoms with Crippen LogP contribution in [-0.2, 0) is 11.3 Å². The van der Waals surface area contributed by atoms with Crippen LogP contribution >= 0.6 is 11.6 Å². The summed E-state index contributed by atoms with van der Waals surface area (Å²) in [5.74, 6) is 1.44. The van der Waals surface area contributed by atoms with Gasteiger partial charge in [-0.05, 0) is 54.6 Å². The lowest BCUT2D eigenvalue weighted by molar-refractivity contribution is -0.116. The van der Waals surface area contributed by atoms with Crippen LogP contribution in [0.4, 0.5) is 11.5 Å². The average molecular weight is 471 g/mol. The first-order chi connectivity index (χ1) is 16.6. The van der Waals surface area contributed by atoms with Gasteiger partial charge in [-0.2, -0.15) is 5.10 Å². The number of hydrogen-bond donors (Lipinski definition) is 2. The number of nitrogens with zero attached hydrogens (tertiary/aromatic N) is 4. The predicted molar refractivity (Wildman–Crippen MR) is 132 cm³/mol. The van der Waals surface area contributed by atoms with Gasteiger partial charge in [-0.3, -0.25) is 4.79 Å². The number of nitrogen functional groups attached to an aromatic ring is 1. The van der Waals surface area contributed by atoms with E-state index < -0.39 is 0 Å². The van der Waals surface area contributed by atoms with Crippen molar-refractivity contribution in [2.75, 3.05) is 11.1 Å². The Bertz CT molecular complexity index is 1470. The fraction of sp³-hybridized carbons (Fsp3) is 0.0400. The molecule has 8 nitrogen and oxygen atoms in total. The summed E-state index contributed by atoms with van der Waals surface area (Å²) in [5, 5.41) is 8.57. The summed E-state index contributed by atoms with van der Waals surface area (Å²) in [4.78, 5) is 21.1. The summed E-state index contributed by atoms with van der Waals surface area (Å²) >= 11 is 6.00. The monoisotopic (exact) mass is 470 g/mol. The summed E-state index contributed by atoms with van der Waals surface area (Å²) in [7, 11) is 0. The summed E-state index contributed by atoms with van der Waals surface area (Å²) in [6.07, 6.45) is 1.35. The zero-order valence-electron chi connectivity index (χ0n) is 17.9. The molecule has 0 saturated carbocycles. The molecular formula is C25H19ClN6O2. The summed E-state index contributed by atoms with van der Waals surface area (Å²) < 4.78 is 7.38. The number of anilines is 2. The molecule has 0 unspecified atom stereocenters. The van der Waals surface area contributed by atoms with Crippen molar-refractivity contribution in [3.8, 4) is 22.8 Å². The van der Waals surface area contributed by atoms with Crippen molar-refractivity contribution in [2.24, 2.45) is 0 Å². The van der Waals surface area contributed by atoms with Gasteiger partial charge in [0.05, 0.1) is 5.39 Å². The van der Waals surface area contributed by atoms with Crippen LogP contribution in [0.1, 0.15) is 0 Å². The van der Waals surface area contributed by atoms with Crippen molar-refractivity contribution >= 4 is 40.0 Å². The van der Waals surface area contributed by atoms with Crippen LogP contribution in [0.25, 0.3) is 22.3 Å². The summed E-state index contributed by atoms with van der Waals surface area (Å²) in [6.45, 7) is -0.0608. The van der Waals surface area contributed by atoms with Gasteiger partial charge in [-0.25, -0.2) is 14.6 Å². The number of hydrogen-bond acceptors (Lipinski definition) is 6. The van der Waals surface area contributed by atoms with Gasteiger partial charge in [0.1, 0.15) is 35.9 Å². The fourth-order valence-corrected chi connectivity index (χ4v) is 3.74. The van der Waals surface area contributed by atoms with Gasteiger partial charge in [-0.15, -0.1) is 0 Å². The van der Waals surface area contributed by atoms with Gasteiger partial charge in [0.15, 0.2) is 5.65 Å². The van der Waals surface area contributed by atoms with E-state index in [1.54, 1.807) is 24.3 Å². The minimum atomic E-state index is -0.276. The molecule has 0 radical (unpaired) electrons. The standard InChI is InChI=1S/C25H19ClN6O2/c26-17-5-4-6-18(13-17)30-21(33)14-32-25-22(24(27)28-15-29-25)23(31-32)16-9-11-20(12-10-16)34-19-7-2-1-3-8-19/h1-13,15H,14H2,(H,30,33)(H2,27,28,29). The Morgan fingerprint density at radius 3 is 2.50 bits per heavy atom. The highest BCUT2D eigenvalue weighted by Gasteiger charge is 2.19. The Hall–Kier alpha value is -4.43. The molecule has 2 aromatic heterocycles. The van der Waals surface area contributed by atoms with E-state index in [2.05, 4.69) is 20.4 Å². The van der Waals surface area contributed by atoms with Gasteiger partial charge < -0.3 is 15.8 Å². The minimum absolute atomic E-state index is 0.0608. The molecule has 0 atom stereocenters. The first-order valence-corrected chi connectivity index (χ1v) is 10.8. The Kier molecular flexibility index (Phi) is 5.80. The number of carbonyl (C=O) groups is 1. The fourth-order valence-electron chi connectivity index (χ4n) is 3.55. The number of nitrogens with two attached hydrogens (primary N) is 1. The Balaban J connectivity index is 1.43. The van der Waals surface area contributed by atoms with Crippen LogP contribution in [-0.4, -0.2) is 25.7 Å². The maximum absolute atomic E-state index is 12.7. The Labute approximate surface area is 200 Å². The molecule has 0 aliphatic rings. The molecule has 0 fully saturated rings. The van der Waals surface area contributed by atoms with Crippen molar-refractivity contribution in [1.82, 2.24) is 19.7 Å². The molecule has 0 bridgehead atoms. The number of carbonyl (C=O) groups excluding carboxylic acids is 1. The minimum Gasteiger partial charge on any atom is -0.457 e. The maximum atomic E-state index is 12.7. The van der Waals surface area contributed by atoms with Gasteiger partial charge in [-0.1, -0.05) is 35.9 Å². The molecule has 5 aromatic rings. The summed E-state index contributed by atoms with van der Waals surface area (Å²) in [5.41, 5.74) is 8.60. The highest BCUT2D eigenvalue weighted by atomic mass is 35.5. The number of rotatable bonds is 6. The zero-order valence-corrected chi connectivity index (χ0v) is 18.6. The van der Waals surface area contributed by atoms with Crippen molar-refractivity contribution in [1.29, 1.82) is 0 Å². The number of ether oxygens (including phenoxy) is 1. The van der Waals surface area contributed by atoms with Crippen molar-refractivity contribution in [3.63, 3.8) is 0 Å². The first kappa shape index (κ1) is 21.4. The molecule has 0 aliphatic heterocycles. The third-order valence-electron chi connectivity index (χ3n) is 5.07. The molecule has 0 saturated heterocycles. The number of halogens is 1. The normalized spacial score (nSPS) is 10.9. The smallest absolute Gasteiger partial charge is 0.246 e. The van der Waals surface area contributed by atoms with E-state index in [0.717, 1.165) is 11.3 Å². The van der Waals surface area contributed by atoms with Gasteiger partial charge in [0.25, 0.3) is 0 Å². The molecule has 3 N–H and O–H groups in total. The maximum Gasteiger partial charge on any atom is 0.246 e. The predicted octanol–water partition coefficient (Wildman–Crippen LogP) is 5.16. The van der Waals surface area contributed by atoms with Crippen molar-refractivity contribution in [2.45, 2.75) is 6.54 Å². The van der Waals surface area contributed by atoms with E-state index in [4.69, 9.17) is 22.1 Å². The molecular weight excluding hydrogens is 452 g/mol. The van der Waals surface area contributed by atoms with E-state index in [1.165, 1.54) is 11.0 Å². The van der Waals surface area contributed by atoms with Crippen LogP contribution in [0.2, 0.25) is 5.02 Å². The number of fused-ring (bicyclic) bond motifs is 1. The van der Waals surface area contributed by atoms with E-state index in [0.29, 0.717) is 33.2 Å². The molecule has 34 heavy (non-hydrogen) atoms. The lowest BCUT2D eigenvalue weighted by Gasteiger charge is -2.06. The second-order valence-electron chi connectivity index (χ2n) is 7.46. The highest BCUT2D eigenvalue weighted by molar-refractivity contribution is 6.30. The van der Waals surface area contributed by atoms with Crippen molar-refractivity contribution in [3.05, 3.63) is 90.2 Å². The molecule has 3 aromatic carbocycles. The molecule has 1 amide bonds. The average Bonchev–Trinajstić information content (AvgIpc) is 3.20. The van der Waals surface area contributed by atoms with Crippen LogP contribution in [0.5, 0.6) is 11.5 Å². The largest absolute Gasteiger partial charge is 0.457 e. The number of nitrogens with one attached hydrogen (secondary N) is 1. The Morgan fingerprint density at radius 1 is 0.971 bits per heavy atom. The van der Waals surface area contributed by atoms with Gasteiger partial charge >= 0.3 is 0 Å². The Morgan fingerprint density at radius 2 is 1.74 bits per heavy atom. The second kappa shape index (κ2) is 9.21. The number of amides is 1. The first-order valence-electron chi connectivity index (χ1n) is 10.4. The van der Waals surface area contributed by atoms with Crippen LogP contribution < -0.4 is 15.8 Å². The van der Waals surface area contributed by atoms with Crippen LogP contribution in [0, 0.1) is 0 Å². The molecule has 9 heteroatoms. The molecule has 2 heterocycles. The van der Waals surface area contributed by atoms with E-state index >= 15 is 0 Å². The van der Waals surface area contributed by atoms with E-state index in [-0.39, 0.29) is 18.3 Å². The lowest BCUT2D eigenvalue weighted by atomic mass is 10.1. The molecule has 168 valence electrons.